The lowest BCUT2D eigenvalue weighted by atomic mass is 9.82. The average Bonchev–Trinajstić information content (AvgIpc) is 3.00. The Hall–Kier alpha value is -1.21. The van der Waals surface area contributed by atoms with Crippen molar-refractivity contribution in [1.29, 1.82) is 0 Å². The van der Waals surface area contributed by atoms with Gasteiger partial charge in [-0.15, -0.1) is 11.3 Å². The van der Waals surface area contributed by atoms with Crippen LogP contribution >= 0.6 is 22.9 Å². The first-order chi connectivity index (χ1) is 12.1. The lowest BCUT2D eigenvalue weighted by Gasteiger charge is -2.47. The van der Waals surface area contributed by atoms with E-state index in [1.807, 2.05) is 12.4 Å². The van der Waals surface area contributed by atoms with Gasteiger partial charge in [-0.2, -0.15) is 0 Å². The van der Waals surface area contributed by atoms with E-state index < -0.39 is 0 Å². The van der Waals surface area contributed by atoms with E-state index in [-0.39, 0.29) is 5.60 Å². The second-order valence-corrected chi connectivity index (χ2v) is 8.53. The van der Waals surface area contributed by atoms with Crippen LogP contribution in [0.5, 0.6) is 6.01 Å². The van der Waals surface area contributed by atoms with E-state index in [1.165, 1.54) is 10.4 Å². The van der Waals surface area contributed by atoms with Crippen molar-refractivity contribution in [2.45, 2.75) is 44.4 Å². The predicted octanol–water partition coefficient (Wildman–Crippen LogP) is 3.65. The molecular formula is C18H22ClN3O2S. The first kappa shape index (κ1) is 17.2. The van der Waals surface area contributed by atoms with E-state index in [9.17, 15) is 0 Å². The standard InChI is InChI=1S/C18H22ClN3O2S/c1-12-8-18(16-14(3-6-24-18)7-15(19)25-16)4-5-22(12)11-13-9-20-17(23-2)21-10-13/h7,9-10,12H,3-6,8,11H2,1-2H3/t12-,18+/m0/s1. The summed E-state index contributed by atoms with van der Waals surface area (Å²) in [5.74, 6) is 0. The number of hydrogen-bond acceptors (Lipinski definition) is 6. The third-order valence-electron chi connectivity index (χ3n) is 5.24. The Morgan fingerprint density at radius 3 is 2.96 bits per heavy atom. The zero-order valence-electron chi connectivity index (χ0n) is 14.5. The Morgan fingerprint density at radius 1 is 1.44 bits per heavy atom. The van der Waals surface area contributed by atoms with Gasteiger partial charge in [0, 0.05) is 42.0 Å². The molecule has 0 aromatic carbocycles. The fourth-order valence-electron chi connectivity index (χ4n) is 3.98. The van der Waals surface area contributed by atoms with Crippen molar-refractivity contribution in [1.82, 2.24) is 14.9 Å². The maximum atomic E-state index is 6.33. The molecule has 134 valence electrons. The van der Waals surface area contributed by atoms with Crippen LogP contribution in [-0.2, 0) is 23.3 Å². The number of methoxy groups -OCH3 is 1. The van der Waals surface area contributed by atoms with Crippen LogP contribution in [0.4, 0.5) is 0 Å². The maximum absolute atomic E-state index is 6.33. The molecule has 1 saturated heterocycles. The number of fused-ring (bicyclic) bond motifs is 2. The number of thiophene rings is 1. The van der Waals surface area contributed by atoms with Crippen molar-refractivity contribution in [3.05, 3.63) is 38.8 Å². The van der Waals surface area contributed by atoms with Crippen LogP contribution < -0.4 is 4.74 Å². The van der Waals surface area contributed by atoms with Gasteiger partial charge in [0.2, 0.25) is 0 Å². The lowest BCUT2D eigenvalue weighted by Crippen LogP contribution is -2.49. The predicted molar refractivity (Wildman–Crippen MR) is 98.4 cm³/mol. The molecule has 7 heteroatoms. The number of piperidine rings is 1. The molecule has 0 saturated carbocycles. The molecule has 5 nitrogen and oxygen atoms in total. The summed E-state index contributed by atoms with van der Waals surface area (Å²) in [6, 6.07) is 2.95. The quantitative estimate of drug-likeness (QED) is 0.814. The molecule has 25 heavy (non-hydrogen) atoms. The van der Waals surface area contributed by atoms with E-state index in [1.54, 1.807) is 18.4 Å². The summed E-state index contributed by atoms with van der Waals surface area (Å²) in [7, 11) is 1.58. The number of ether oxygens (including phenoxy) is 2. The van der Waals surface area contributed by atoms with Crippen LogP contribution in [0.3, 0.4) is 0 Å². The van der Waals surface area contributed by atoms with E-state index in [0.717, 1.165) is 48.9 Å². The van der Waals surface area contributed by atoms with Gasteiger partial charge < -0.3 is 9.47 Å². The summed E-state index contributed by atoms with van der Waals surface area (Å²) in [5.41, 5.74) is 2.33. The largest absolute Gasteiger partial charge is 0.467 e. The molecule has 2 aliphatic heterocycles. The average molecular weight is 380 g/mol. The van der Waals surface area contributed by atoms with Crippen molar-refractivity contribution in [2.75, 3.05) is 20.3 Å². The van der Waals surface area contributed by atoms with Crippen molar-refractivity contribution in [2.24, 2.45) is 0 Å². The smallest absolute Gasteiger partial charge is 0.316 e. The van der Waals surface area contributed by atoms with Crippen LogP contribution in [-0.4, -0.2) is 41.2 Å². The number of rotatable bonds is 3. The van der Waals surface area contributed by atoms with Crippen LogP contribution in [0.1, 0.15) is 35.8 Å². The van der Waals surface area contributed by atoms with E-state index >= 15 is 0 Å². The number of hydrogen-bond donors (Lipinski definition) is 0. The van der Waals surface area contributed by atoms with Gasteiger partial charge in [-0.05, 0) is 37.8 Å². The summed E-state index contributed by atoms with van der Waals surface area (Å²) in [6.45, 7) is 4.90. The SMILES string of the molecule is COc1ncc(CN2CC[C@]3(C[C@@H]2C)OCCc2cc(Cl)sc23)cn1. The van der Waals surface area contributed by atoms with Gasteiger partial charge in [0.05, 0.1) is 18.1 Å². The molecule has 1 fully saturated rings. The molecular weight excluding hydrogens is 358 g/mol. The Bertz CT molecular complexity index is 751. The molecule has 2 aromatic rings. The summed E-state index contributed by atoms with van der Waals surface area (Å²) in [4.78, 5) is 12.2. The van der Waals surface area contributed by atoms with Gasteiger partial charge >= 0.3 is 6.01 Å². The Morgan fingerprint density at radius 2 is 2.24 bits per heavy atom. The van der Waals surface area contributed by atoms with Crippen molar-refractivity contribution in [3.63, 3.8) is 0 Å². The van der Waals surface area contributed by atoms with Crippen LogP contribution in [0, 0.1) is 0 Å². The molecule has 1 spiro atoms. The second kappa shape index (κ2) is 6.83. The molecule has 4 heterocycles. The van der Waals surface area contributed by atoms with Crippen LogP contribution in [0.25, 0.3) is 0 Å². The highest BCUT2D eigenvalue weighted by Crippen LogP contribution is 2.48. The minimum absolute atomic E-state index is 0.155. The summed E-state index contributed by atoms with van der Waals surface area (Å²) in [6.07, 6.45) is 6.65. The molecule has 0 unspecified atom stereocenters. The minimum Gasteiger partial charge on any atom is -0.467 e. The normalized spacial score (nSPS) is 26.6. The minimum atomic E-state index is -0.155. The second-order valence-electron chi connectivity index (χ2n) is 6.85. The molecule has 4 rings (SSSR count). The molecule has 0 radical (unpaired) electrons. The highest BCUT2D eigenvalue weighted by atomic mass is 35.5. The topological polar surface area (TPSA) is 47.5 Å². The summed E-state index contributed by atoms with van der Waals surface area (Å²) >= 11 is 7.97. The summed E-state index contributed by atoms with van der Waals surface area (Å²) < 4.78 is 12.2. The van der Waals surface area contributed by atoms with Gasteiger partial charge in [0.15, 0.2) is 0 Å². The molecule has 0 aliphatic carbocycles. The van der Waals surface area contributed by atoms with Gasteiger partial charge in [-0.25, -0.2) is 9.97 Å². The van der Waals surface area contributed by atoms with E-state index in [2.05, 4.69) is 27.9 Å². The number of likely N-dealkylation sites (tertiary alicyclic amines) is 1. The Labute approximate surface area is 156 Å². The highest BCUT2D eigenvalue weighted by molar-refractivity contribution is 7.16. The van der Waals surface area contributed by atoms with E-state index in [4.69, 9.17) is 21.1 Å². The van der Waals surface area contributed by atoms with Gasteiger partial charge in [-0.1, -0.05) is 11.6 Å². The van der Waals surface area contributed by atoms with Crippen molar-refractivity contribution >= 4 is 22.9 Å². The number of aromatic nitrogens is 2. The van der Waals surface area contributed by atoms with E-state index in [0.29, 0.717) is 12.1 Å². The number of halogens is 1. The molecule has 0 amide bonds. The highest BCUT2D eigenvalue weighted by Gasteiger charge is 2.44. The zero-order chi connectivity index (χ0) is 17.4. The van der Waals surface area contributed by atoms with Gasteiger partial charge in [-0.3, -0.25) is 4.90 Å². The lowest BCUT2D eigenvalue weighted by molar-refractivity contribution is -0.110. The van der Waals surface area contributed by atoms with Crippen LogP contribution in [0.15, 0.2) is 18.5 Å². The summed E-state index contributed by atoms with van der Waals surface area (Å²) in [5, 5.41) is 0. The fourth-order valence-corrected chi connectivity index (χ4v) is 5.46. The molecule has 2 aromatic heterocycles. The molecule has 0 N–H and O–H groups in total. The molecule has 2 aliphatic rings. The Kier molecular flexibility index (Phi) is 4.71. The van der Waals surface area contributed by atoms with Crippen LogP contribution in [0.2, 0.25) is 4.34 Å². The van der Waals surface area contributed by atoms with Crippen molar-refractivity contribution < 1.29 is 9.47 Å². The monoisotopic (exact) mass is 379 g/mol. The third kappa shape index (κ3) is 3.28. The van der Waals surface area contributed by atoms with Gasteiger partial charge in [0.1, 0.15) is 5.60 Å². The maximum Gasteiger partial charge on any atom is 0.316 e. The molecule has 2 atom stereocenters. The number of nitrogens with zero attached hydrogens (tertiary/aromatic N) is 3. The van der Waals surface area contributed by atoms with Gasteiger partial charge in [0.25, 0.3) is 0 Å². The zero-order valence-corrected chi connectivity index (χ0v) is 16.1. The molecule has 0 bridgehead atoms. The fraction of sp³-hybridized carbons (Fsp3) is 0.556. The third-order valence-corrected chi connectivity index (χ3v) is 6.74. The first-order valence-corrected chi connectivity index (χ1v) is 9.81. The van der Waals surface area contributed by atoms with Crippen molar-refractivity contribution in [3.8, 4) is 6.01 Å². The Balaban J connectivity index is 1.49. The first-order valence-electron chi connectivity index (χ1n) is 8.61.